The summed E-state index contributed by atoms with van der Waals surface area (Å²) < 4.78 is 36.7. The molecule has 0 fully saturated rings. The molecule has 0 radical (unpaired) electrons. The Labute approximate surface area is 98.0 Å². The van der Waals surface area contributed by atoms with Crippen LogP contribution in [0.25, 0.3) is 0 Å². The lowest BCUT2D eigenvalue weighted by molar-refractivity contribution is -0.141. The van der Waals surface area contributed by atoms with Gasteiger partial charge in [0, 0.05) is 12.3 Å². The summed E-state index contributed by atoms with van der Waals surface area (Å²) in [5, 5.41) is 7.89. The van der Waals surface area contributed by atoms with Crippen molar-refractivity contribution in [3.8, 4) is 0 Å². The van der Waals surface area contributed by atoms with E-state index < -0.39 is 11.9 Å². The van der Waals surface area contributed by atoms with Gasteiger partial charge in [0.2, 0.25) is 5.28 Å². The minimum Gasteiger partial charge on any atom is -0.325 e. The molecule has 2 aromatic rings. The van der Waals surface area contributed by atoms with E-state index in [2.05, 4.69) is 25.5 Å². The molecule has 0 aromatic carbocycles. The molecule has 0 unspecified atom stereocenters. The fourth-order valence-electron chi connectivity index (χ4n) is 1.07. The Hall–Kier alpha value is -1.83. The van der Waals surface area contributed by atoms with Gasteiger partial charge in [0.05, 0.1) is 0 Å². The highest BCUT2D eigenvalue weighted by molar-refractivity contribution is 6.28. The number of H-pyrrole nitrogens is 1. The van der Waals surface area contributed by atoms with E-state index in [-0.39, 0.29) is 16.9 Å². The van der Waals surface area contributed by atoms with Crippen molar-refractivity contribution in [2.75, 3.05) is 5.32 Å². The minimum atomic E-state index is -4.49. The molecule has 2 aromatic heterocycles. The van der Waals surface area contributed by atoms with Crippen LogP contribution in [0.5, 0.6) is 0 Å². The van der Waals surface area contributed by atoms with E-state index >= 15 is 0 Å². The average Bonchev–Trinajstić information content (AvgIpc) is 2.65. The number of nitrogens with zero attached hydrogens (tertiary/aromatic N) is 3. The van der Waals surface area contributed by atoms with E-state index in [4.69, 9.17) is 11.6 Å². The van der Waals surface area contributed by atoms with Crippen LogP contribution in [0.1, 0.15) is 5.69 Å². The number of aromatic amines is 1. The number of rotatable bonds is 2. The lowest BCUT2D eigenvalue weighted by Gasteiger charge is -2.01. The minimum absolute atomic E-state index is 0.00874. The Kier molecular flexibility index (Phi) is 2.88. The van der Waals surface area contributed by atoms with Gasteiger partial charge < -0.3 is 5.32 Å². The number of nitrogens with one attached hydrogen (secondary N) is 2. The monoisotopic (exact) mass is 263 g/mol. The van der Waals surface area contributed by atoms with E-state index in [1.54, 1.807) is 0 Å². The Balaban J connectivity index is 2.17. The van der Waals surface area contributed by atoms with E-state index in [0.717, 1.165) is 6.07 Å². The van der Waals surface area contributed by atoms with Crippen LogP contribution in [0.15, 0.2) is 18.3 Å². The Morgan fingerprint density at radius 3 is 2.71 bits per heavy atom. The predicted octanol–water partition coefficient (Wildman–Crippen LogP) is 2.62. The first kappa shape index (κ1) is 11.6. The van der Waals surface area contributed by atoms with Gasteiger partial charge in [0.25, 0.3) is 0 Å². The van der Waals surface area contributed by atoms with Crippen LogP contribution in [0, 0.1) is 0 Å². The van der Waals surface area contributed by atoms with Crippen molar-refractivity contribution in [2.45, 2.75) is 6.18 Å². The topological polar surface area (TPSA) is 66.5 Å². The molecule has 0 aliphatic rings. The van der Waals surface area contributed by atoms with Gasteiger partial charge in [-0.2, -0.15) is 18.3 Å². The first-order chi connectivity index (χ1) is 7.95. The third-order valence-electron chi connectivity index (χ3n) is 1.76. The van der Waals surface area contributed by atoms with Crippen molar-refractivity contribution in [1.29, 1.82) is 0 Å². The number of alkyl halides is 3. The van der Waals surface area contributed by atoms with E-state index in [1.165, 1.54) is 12.3 Å². The van der Waals surface area contributed by atoms with Gasteiger partial charge in [0.15, 0.2) is 5.69 Å². The maximum Gasteiger partial charge on any atom is 0.435 e. The lowest BCUT2D eigenvalue weighted by Crippen LogP contribution is -2.04. The summed E-state index contributed by atoms with van der Waals surface area (Å²) in [5.41, 5.74) is -1.01. The second-order valence-corrected chi connectivity index (χ2v) is 3.34. The van der Waals surface area contributed by atoms with Crippen LogP contribution in [-0.4, -0.2) is 20.2 Å². The molecule has 0 spiro atoms. The third kappa shape index (κ3) is 2.84. The van der Waals surface area contributed by atoms with Crippen LogP contribution < -0.4 is 5.32 Å². The van der Waals surface area contributed by atoms with Gasteiger partial charge in [-0.05, 0) is 17.7 Å². The molecule has 9 heteroatoms. The molecule has 0 aliphatic heterocycles. The van der Waals surface area contributed by atoms with Gasteiger partial charge in [-0.1, -0.05) is 0 Å². The summed E-state index contributed by atoms with van der Waals surface area (Å²) in [6.07, 6.45) is -3.11. The SMILES string of the molecule is FC(F)(F)c1cc(Nc2ccnc(Cl)n2)[nH]n1. The molecule has 0 bridgehead atoms. The fraction of sp³-hybridized carbons (Fsp3) is 0.125. The number of hydrogen-bond donors (Lipinski definition) is 2. The van der Waals surface area contributed by atoms with Crippen molar-refractivity contribution < 1.29 is 13.2 Å². The molecule has 0 saturated carbocycles. The van der Waals surface area contributed by atoms with Gasteiger partial charge in [-0.25, -0.2) is 9.97 Å². The molecule has 5 nitrogen and oxygen atoms in total. The summed E-state index contributed by atoms with van der Waals surface area (Å²) in [7, 11) is 0. The molecule has 0 saturated heterocycles. The zero-order chi connectivity index (χ0) is 12.5. The Morgan fingerprint density at radius 1 is 1.35 bits per heavy atom. The van der Waals surface area contributed by atoms with Crippen molar-refractivity contribution in [3.05, 3.63) is 29.3 Å². The molecule has 90 valence electrons. The maximum atomic E-state index is 12.2. The third-order valence-corrected chi connectivity index (χ3v) is 1.94. The Bertz CT molecular complexity index is 524. The maximum absolute atomic E-state index is 12.2. The molecule has 2 heterocycles. The quantitative estimate of drug-likeness (QED) is 0.818. The summed E-state index contributed by atoms with van der Waals surface area (Å²) in [6, 6.07) is 2.29. The predicted molar refractivity (Wildman–Crippen MR) is 53.9 cm³/mol. The van der Waals surface area contributed by atoms with Crippen molar-refractivity contribution in [1.82, 2.24) is 20.2 Å². The number of halogens is 4. The molecule has 0 aliphatic carbocycles. The molecule has 2 N–H and O–H groups in total. The second kappa shape index (κ2) is 4.21. The summed E-state index contributed by atoms with van der Waals surface area (Å²) in [5.74, 6) is 0.328. The number of anilines is 2. The van der Waals surface area contributed by atoms with Crippen molar-refractivity contribution in [3.63, 3.8) is 0 Å². The molecule has 0 atom stereocenters. The lowest BCUT2D eigenvalue weighted by atomic mass is 10.4. The summed E-state index contributed by atoms with van der Waals surface area (Å²) >= 11 is 5.52. The normalized spacial score (nSPS) is 11.5. The standard InChI is InChI=1S/C8H5ClF3N5/c9-7-13-2-1-5(15-7)14-6-3-4(16-17-6)8(10,11)12/h1-3H,(H2,13,14,15,16,17). The summed E-state index contributed by atoms with van der Waals surface area (Å²) in [6.45, 7) is 0. The Morgan fingerprint density at radius 2 is 2.12 bits per heavy atom. The zero-order valence-corrected chi connectivity index (χ0v) is 8.84. The van der Waals surface area contributed by atoms with Gasteiger partial charge in [0.1, 0.15) is 11.6 Å². The highest BCUT2D eigenvalue weighted by Gasteiger charge is 2.33. The largest absolute Gasteiger partial charge is 0.435 e. The van der Waals surface area contributed by atoms with Crippen LogP contribution in [0.3, 0.4) is 0 Å². The summed E-state index contributed by atoms with van der Waals surface area (Å²) in [4.78, 5) is 7.39. The molecule has 17 heavy (non-hydrogen) atoms. The molecular weight excluding hydrogens is 259 g/mol. The van der Waals surface area contributed by atoms with Crippen molar-refractivity contribution >= 4 is 23.2 Å². The van der Waals surface area contributed by atoms with Gasteiger partial charge in [-0.15, -0.1) is 0 Å². The number of aromatic nitrogens is 4. The van der Waals surface area contributed by atoms with Crippen LogP contribution in [0.4, 0.5) is 24.8 Å². The van der Waals surface area contributed by atoms with Crippen LogP contribution in [-0.2, 0) is 6.18 Å². The first-order valence-corrected chi connectivity index (χ1v) is 4.71. The first-order valence-electron chi connectivity index (χ1n) is 4.33. The highest BCUT2D eigenvalue weighted by atomic mass is 35.5. The van der Waals surface area contributed by atoms with Crippen LogP contribution >= 0.6 is 11.6 Å². The number of hydrogen-bond acceptors (Lipinski definition) is 4. The van der Waals surface area contributed by atoms with Crippen molar-refractivity contribution in [2.24, 2.45) is 0 Å². The van der Waals surface area contributed by atoms with E-state index in [0.29, 0.717) is 0 Å². The average molecular weight is 264 g/mol. The van der Waals surface area contributed by atoms with Gasteiger partial charge >= 0.3 is 6.18 Å². The van der Waals surface area contributed by atoms with Gasteiger partial charge in [-0.3, -0.25) is 5.10 Å². The molecule has 2 rings (SSSR count). The van der Waals surface area contributed by atoms with Crippen LogP contribution in [0.2, 0.25) is 5.28 Å². The second-order valence-electron chi connectivity index (χ2n) is 3.00. The molecule has 0 amide bonds. The molecular formula is C8H5ClF3N5. The zero-order valence-electron chi connectivity index (χ0n) is 8.09. The van der Waals surface area contributed by atoms with E-state index in [1.807, 2.05) is 0 Å². The fourth-order valence-corrected chi connectivity index (χ4v) is 1.22. The smallest absolute Gasteiger partial charge is 0.325 e. The van der Waals surface area contributed by atoms with E-state index in [9.17, 15) is 13.2 Å². The highest BCUT2D eigenvalue weighted by Crippen LogP contribution is 2.29.